The van der Waals surface area contributed by atoms with Gasteiger partial charge in [0, 0.05) is 4.47 Å². The van der Waals surface area contributed by atoms with Crippen LogP contribution in [-0.4, -0.2) is 5.11 Å². The molecule has 16 heavy (non-hydrogen) atoms. The minimum atomic E-state index is -0.311. The fourth-order valence-electron chi connectivity index (χ4n) is 1.75. The number of halogens is 1. The van der Waals surface area contributed by atoms with E-state index in [1.165, 1.54) is 24.8 Å². The van der Waals surface area contributed by atoms with Gasteiger partial charge in [-0.3, -0.25) is 0 Å². The minimum Gasteiger partial charge on any atom is -0.388 e. The van der Waals surface area contributed by atoms with Crippen molar-refractivity contribution in [2.45, 2.75) is 52.1 Å². The SMILES string of the molecule is CCCCCCC(O)c1ccc(C)c(Br)c1. The summed E-state index contributed by atoms with van der Waals surface area (Å²) in [6.07, 6.45) is 5.40. The molecule has 1 atom stereocenters. The van der Waals surface area contributed by atoms with E-state index in [1.807, 2.05) is 12.1 Å². The molecule has 0 aliphatic rings. The van der Waals surface area contributed by atoms with E-state index < -0.39 is 0 Å². The van der Waals surface area contributed by atoms with Gasteiger partial charge in [-0.1, -0.05) is 60.7 Å². The largest absolute Gasteiger partial charge is 0.388 e. The van der Waals surface area contributed by atoms with Crippen LogP contribution in [0.1, 0.15) is 56.3 Å². The highest BCUT2D eigenvalue weighted by Crippen LogP contribution is 2.25. The molecule has 0 amide bonds. The third-order valence-electron chi connectivity index (χ3n) is 2.91. The summed E-state index contributed by atoms with van der Waals surface area (Å²) in [5.41, 5.74) is 2.23. The molecule has 1 rings (SSSR count). The van der Waals surface area contributed by atoms with Crippen LogP contribution >= 0.6 is 15.9 Å². The molecule has 0 aromatic heterocycles. The van der Waals surface area contributed by atoms with Crippen LogP contribution < -0.4 is 0 Å². The lowest BCUT2D eigenvalue weighted by Gasteiger charge is -2.12. The topological polar surface area (TPSA) is 20.2 Å². The summed E-state index contributed by atoms with van der Waals surface area (Å²) in [6, 6.07) is 6.10. The number of benzene rings is 1. The first-order chi connectivity index (χ1) is 7.65. The van der Waals surface area contributed by atoms with Gasteiger partial charge in [-0.05, 0) is 30.5 Å². The van der Waals surface area contributed by atoms with Crippen LogP contribution in [0, 0.1) is 6.92 Å². The summed E-state index contributed by atoms with van der Waals surface area (Å²) in [6.45, 7) is 4.26. The Balaban J connectivity index is 2.46. The maximum atomic E-state index is 10.0. The average molecular weight is 285 g/mol. The summed E-state index contributed by atoms with van der Waals surface area (Å²) < 4.78 is 1.08. The Kier molecular flexibility index (Phi) is 6.07. The van der Waals surface area contributed by atoms with Gasteiger partial charge in [-0.15, -0.1) is 0 Å². The van der Waals surface area contributed by atoms with Crippen LogP contribution in [0.4, 0.5) is 0 Å². The monoisotopic (exact) mass is 284 g/mol. The fraction of sp³-hybridized carbons (Fsp3) is 0.571. The normalized spacial score (nSPS) is 12.8. The predicted octanol–water partition coefficient (Wildman–Crippen LogP) is 4.76. The van der Waals surface area contributed by atoms with Crippen molar-refractivity contribution < 1.29 is 5.11 Å². The number of aryl methyl sites for hydroxylation is 1. The summed E-state index contributed by atoms with van der Waals surface area (Å²) in [5, 5.41) is 10.0. The van der Waals surface area contributed by atoms with E-state index in [0.717, 1.165) is 22.9 Å². The molecular formula is C14H21BrO. The molecule has 0 heterocycles. The van der Waals surface area contributed by atoms with Crippen LogP contribution in [0.5, 0.6) is 0 Å². The van der Waals surface area contributed by atoms with Crippen molar-refractivity contribution in [1.82, 2.24) is 0 Å². The fourth-order valence-corrected chi connectivity index (χ4v) is 2.14. The maximum absolute atomic E-state index is 10.0. The number of aliphatic hydroxyl groups is 1. The van der Waals surface area contributed by atoms with Gasteiger partial charge < -0.3 is 5.11 Å². The van der Waals surface area contributed by atoms with Gasteiger partial charge in [0.05, 0.1) is 6.10 Å². The molecule has 0 saturated heterocycles. The standard InChI is InChI=1S/C14H21BrO/c1-3-4-5-6-7-14(16)12-9-8-11(2)13(15)10-12/h8-10,14,16H,3-7H2,1-2H3. The first-order valence-electron chi connectivity index (χ1n) is 6.09. The van der Waals surface area contributed by atoms with Gasteiger partial charge in [0.2, 0.25) is 0 Å². The summed E-state index contributed by atoms with van der Waals surface area (Å²) >= 11 is 3.50. The van der Waals surface area contributed by atoms with E-state index in [-0.39, 0.29) is 6.10 Å². The minimum absolute atomic E-state index is 0.311. The Morgan fingerprint density at radius 3 is 2.62 bits per heavy atom. The smallest absolute Gasteiger partial charge is 0.0790 e. The van der Waals surface area contributed by atoms with Crippen LogP contribution in [0.2, 0.25) is 0 Å². The molecule has 0 saturated carbocycles. The first kappa shape index (κ1) is 13.7. The lowest BCUT2D eigenvalue weighted by Crippen LogP contribution is -1.97. The highest BCUT2D eigenvalue weighted by molar-refractivity contribution is 9.10. The number of unbranched alkanes of at least 4 members (excludes halogenated alkanes) is 3. The molecule has 0 aliphatic heterocycles. The van der Waals surface area contributed by atoms with Crippen molar-refractivity contribution in [3.8, 4) is 0 Å². The van der Waals surface area contributed by atoms with E-state index in [2.05, 4.69) is 35.8 Å². The van der Waals surface area contributed by atoms with Crippen molar-refractivity contribution in [3.63, 3.8) is 0 Å². The third kappa shape index (κ3) is 4.26. The molecule has 1 aromatic carbocycles. The molecule has 0 radical (unpaired) electrons. The van der Waals surface area contributed by atoms with E-state index in [1.54, 1.807) is 0 Å². The Hall–Kier alpha value is -0.340. The quantitative estimate of drug-likeness (QED) is 0.747. The van der Waals surface area contributed by atoms with Crippen molar-refractivity contribution in [2.75, 3.05) is 0 Å². The molecular weight excluding hydrogens is 264 g/mol. The van der Waals surface area contributed by atoms with Crippen molar-refractivity contribution in [1.29, 1.82) is 0 Å². The predicted molar refractivity (Wildman–Crippen MR) is 72.6 cm³/mol. The summed E-state index contributed by atoms with van der Waals surface area (Å²) in [7, 11) is 0. The first-order valence-corrected chi connectivity index (χ1v) is 6.88. The molecule has 1 nitrogen and oxygen atoms in total. The number of rotatable bonds is 6. The maximum Gasteiger partial charge on any atom is 0.0790 e. The van der Waals surface area contributed by atoms with Gasteiger partial charge in [-0.25, -0.2) is 0 Å². The summed E-state index contributed by atoms with van der Waals surface area (Å²) in [5.74, 6) is 0. The van der Waals surface area contributed by atoms with Gasteiger partial charge in [0.15, 0.2) is 0 Å². The number of hydrogen-bond donors (Lipinski definition) is 1. The molecule has 0 bridgehead atoms. The van der Waals surface area contributed by atoms with Crippen molar-refractivity contribution in [3.05, 3.63) is 33.8 Å². The lowest BCUT2D eigenvalue weighted by atomic mass is 10.0. The Bertz CT molecular complexity index is 323. The zero-order valence-electron chi connectivity index (χ0n) is 10.2. The molecule has 2 heteroatoms. The Morgan fingerprint density at radius 1 is 1.25 bits per heavy atom. The number of hydrogen-bond acceptors (Lipinski definition) is 1. The van der Waals surface area contributed by atoms with Crippen molar-refractivity contribution >= 4 is 15.9 Å². The van der Waals surface area contributed by atoms with Crippen molar-refractivity contribution in [2.24, 2.45) is 0 Å². The highest BCUT2D eigenvalue weighted by Gasteiger charge is 2.08. The van der Waals surface area contributed by atoms with Gasteiger partial charge in [0.25, 0.3) is 0 Å². The molecule has 0 spiro atoms. The van der Waals surface area contributed by atoms with Gasteiger partial charge in [-0.2, -0.15) is 0 Å². The highest BCUT2D eigenvalue weighted by atomic mass is 79.9. The van der Waals surface area contributed by atoms with E-state index in [4.69, 9.17) is 0 Å². The molecule has 90 valence electrons. The molecule has 1 aromatic rings. The van der Waals surface area contributed by atoms with Crippen LogP contribution in [0.3, 0.4) is 0 Å². The third-order valence-corrected chi connectivity index (χ3v) is 3.77. The van der Waals surface area contributed by atoms with E-state index in [0.29, 0.717) is 0 Å². The molecule has 1 N–H and O–H groups in total. The molecule has 1 unspecified atom stereocenters. The van der Waals surface area contributed by atoms with Crippen LogP contribution in [0.15, 0.2) is 22.7 Å². The van der Waals surface area contributed by atoms with E-state index in [9.17, 15) is 5.11 Å². The summed E-state index contributed by atoms with van der Waals surface area (Å²) in [4.78, 5) is 0. The second kappa shape index (κ2) is 7.08. The number of aliphatic hydroxyl groups excluding tert-OH is 1. The second-order valence-corrected chi connectivity index (χ2v) is 5.23. The van der Waals surface area contributed by atoms with Gasteiger partial charge >= 0.3 is 0 Å². The van der Waals surface area contributed by atoms with E-state index >= 15 is 0 Å². The Labute approximate surface area is 107 Å². The second-order valence-electron chi connectivity index (χ2n) is 4.37. The average Bonchev–Trinajstić information content (AvgIpc) is 2.28. The molecule has 0 fully saturated rings. The van der Waals surface area contributed by atoms with Crippen LogP contribution in [0.25, 0.3) is 0 Å². The zero-order chi connectivity index (χ0) is 12.0. The lowest BCUT2D eigenvalue weighted by molar-refractivity contribution is 0.163. The van der Waals surface area contributed by atoms with Gasteiger partial charge in [0.1, 0.15) is 0 Å². The molecule has 0 aliphatic carbocycles. The van der Waals surface area contributed by atoms with Crippen LogP contribution in [-0.2, 0) is 0 Å². The zero-order valence-corrected chi connectivity index (χ0v) is 11.8. The Morgan fingerprint density at radius 2 is 2.00 bits per heavy atom.